The molecule has 0 aliphatic carbocycles. The van der Waals surface area contributed by atoms with Gasteiger partial charge in [0.15, 0.2) is 16.7 Å². The van der Waals surface area contributed by atoms with E-state index in [-0.39, 0.29) is 16.6 Å². The number of nitrogens with zero attached hydrogens (tertiary/aromatic N) is 2. The second-order valence-corrected chi connectivity index (χ2v) is 10.2. The molecule has 0 N–H and O–H groups in total. The number of benzene rings is 2. The molecule has 1 aliphatic rings. The topological polar surface area (TPSA) is 85.3 Å². The quantitative estimate of drug-likeness (QED) is 0.229. The van der Waals surface area contributed by atoms with E-state index < -0.39 is 21.7 Å². The molecule has 0 bridgehead atoms. The van der Waals surface area contributed by atoms with E-state index in [2.05, 4.69) is 17.9 Å². The molecule has 3 rings (SSSR count). The molecule has 0 saturated carbocycles. The van der Waals surface area contributed by atoms with Crippen LogP contribution in [0.15, 0.2) is 69.3 Å². The van der Waals surface area contributed by atoms with Crippen LogP contribution in [-0.2, 0) is 14.8 Å². The highest BCUT2D eigenvalue weighted by molar-refractivity contribution is 8.19. The van der Waals surface area contributed by atoms with Crippen LogP contribution < -0.4 is 9.47 Å². The maximum absolute atomic E-state index is 13.2. The Kier molecular flexibility index (Phi) is 9.11. The van der Waals surface area contributed by atoms with Crippen molar-refractivity contribution in [3.05, 3.63) is 71.4 Å². The zero-order chi connectivity index (χ0) is 25.4. The van der Waals surface area contributed by atoms with Gasteiger partial charge in [0.05, 0.1) is 23.5 Å². The Labute approximate surface area is 209 Å². The molecule has 2 aromatic rings. The fraction of sp³-hybridized carbons (Fsp3) is 0.280. The minimum absolute atomic E-state index is 0.00461. The van der Waals surface area contributed by atoms with Crippen LogP contribution in [0.3, 0.4) is 0 Å². The maximum atomic E-state index is 13.2. The zero-order valence-electron chi connectivity index (χ0n) is 19.6. The number of sulfonamides is 1. The molecule has 7 nitrogen and oxygen atoms in total. The fourth-order valence-electron chi connectivity index (χ4n) is 3.21. The van der Waals surface area contributed by atoms with E-state index in [4.69, 9.17) is 9.47 Å². The first-order valence-electron chi connectivity index (χ1n) is 11.0. The van der Waals surface area contributed by atoms with Gasteiger partial charge in [-0.05, 0) is 66.2 Å². The number of carbonyl (C=O) groups is 1. The molecular weight excluding hydrogens is 491 g/mol. The number of amides is 1. The number of rotatable bonds is 11. The summed E-state index contributed by atoms with van der Waals surface area (Å²) in [6.07, 6.45) is 6.18. The van der Waals surface area contributed by atoms with E-state index in [1.807, 2.05) is 0 Å². The number of halogens is 1. The molecule has 10 heteroatoms. The number of hydrogen-bond acceptors (Lipinski definition) is 6. The Morgan fingerprint density at radius 2 is 1.89 bits per heavy atom. The molecule has 35 heavy (non-hydrogen) atoms. The molecule has 1 fully saturated rings. The van der Waals surface area contributed by atoms with Gasteiger partial charge in [-0.2, -0.15) is 8.42 Å². The van der Waals surface area contributed by atoms with Crippen molar-refractivity contribution < 1.29 is 27.1 Å². The van der Waals surface area contributed by atoms with Crippen molar-refractivity contribution in [2.45, 2.75) is 31.1 Å². The van der Waals surface area contributed by atoms with Gasteiger partial charge in [-0.1, -0.05) is 31.9 Å². The van der Waals surface area contributed by atoms with Gasteiger partial charge in [0, 0.05) is 6.54 Å². The minimum atomic E-state index is -4.15. The molecule has 1 heterocycles. The Hall–Kier alpha value is -3.11. The Bertz CT molecular complexity index is 1240. The van der Waals surface area contributed by atoms with Crippen LogP contribution in [-0.4, -0.2) is 44.7 Å². The van der Waals surface area contributed by atoms with Gasteiger partial charge in [0.1, 0.15) is 5.82 Å². The average Bonchev–Trinajstić information content (AvgIpc) is 3.11. The van der Waals surface area contributed by atoms with Crippen LogP contribution in [0, 0.1) is 5.82 Å². The summed E-state index contributed by atoms with van der Waals surface area (Å²) in [4.78, 5) is 14.4. The lowest BCUT2D eigenvalue weighted by Crippen LogP contribution is -2.29. The molecule has 0 unspecified atom stereocenters. The number of thioether (sulfide) groups is 1. The van der Waals surface area contributed by atoms with E-state index in [0.717, 1.165) is 55.3 Å². The highest BCUT2D eigenvalue weighted by Crippen LogP contribution is 2.35. The molecule has 0 spiro atoms. The van der Waals surface area contributed by atoms with Crippen LogP contribution in [0.5, 0.6) is 11.5 Å². The van der Waals surface area contributed by atoms with Gasteiger partial charge in [-0.15, -0.1) is 11.0 Å². The van der Waals surface area contributed by atoms with Crippen LogP contribution in [0.2, 0.25) is 0 Å². The van der Waals surface area contributed by atoms with Crippen molar-refractivity contribution in [3.63, 3.8) is 0 Å². The summed E-state index contributed by atoms with van der Waals surface area (Å²) in [5.74, 6) is 0.178. The standard InChI is InChI=1S/C25H27FN2O5S2/c1-4-6-7-15-33-22-16-18(8-13-21(22)32-3)17-23-24(29)28(14-5-2)25(34-23)27-35(30,31)20-11-9-19(26)10-12-20/h5,8-13,16-17H,2,4,6-7,14-15H2,1,3H3. The largest absolute Gasteiger partial charge is 0.493 e. The monoisotopic (exact) mass is 518 g/mol. The molecule has 0 aromatic heterocycles. The maximum Gasteiger partial charge on any atom is 0.284 e. The van der Waals surface area contributed by atoms with Gasteiger partial charge in [0.2, 0.25) is 0 Å². The average molecular weight is 519 g/mol. The van der Waals surface area contributed by atoms with E-state index in [1.165, 1.54) is 11.0 Å². The fourth-order valence-corrected chi connectivity index (χ4v) is 5.40. The first-order chi connectivity index (χ1) is 16.8. The third-order valence-electron chi connectivity index (χ3n) is 5.00. The number of hydrogen-bond donors (Lipinski definition) is 0. The Balaban J connectivity index is 1.91. The van der Waals surface area contributed by atoms with Gasteiger partial charge in [0.25, 0.3) is 15.9 Å². The summed E-state index contributed by atoms with van der Waals surface area (Å²) in [5, 5.41) is -0.00461. The SMILES string of the molecule is C=CCN1C(=O)C(=Cc2ccc(OC)c(OCCCCC)c2)SC1=NS(=O)(=O)c1ccc(F)cc1. The Morgan fingerprint density at radius 3 is 2.54 bits per heavy atom. The summed E-state index contributed by atoms with van der Waals surface area (Å²) >= 11 is 0.941. The van der Waals surface area contributed by atoms with E-state index >= 15 is 0 Å². The lowest BCUT2D eigenvalue weighted by atomic mass is 10.2. The van der Waals surface area contributed by atoms with E-state index in [9.17, 15) is 17.6 Å². The smallest absolute Gasteiger partial charge is 0.284 e. The highest BCUT2D eigenvalue weighted by atomic mass is 32.2. The number of unbranched alkanes of at least 4 members (excludes halogenated alkanes) is 2. The van der Waals surface area contributed by atoms with Gasteiger partial charge in [-0.25, -0.2) is 4.39 Å². The van der Waals surface area contributed by atoms with Gasteiger partial charge in [-0.3, -0.25) is 9.69 Å². The second kappa shape index (κ2) is 12.0. The molecule has 0 radical (unpaired) electrons. The molecule has 1 aliphatic heterocycles. The highest BCUT2D eigenvalue weighted by Gasteiger charge is 2.34. The van der Waals surface area contributed by atoms with Crippen molar-refractivity contribution in [2.75, 3.05) is 20.3 Å². The van der Waals surface area contributed by atoms with Crippen molar-refractivity contribution >= 4 is 38.9 Å². The third-order valence-corrected chi connectivity index (χ3v) is 7.40. The number of amidine groups is 1. The first kappa shape index (κ1) is 26.5. The summed E-state index contributed by atoms with van der Waals surface area (Å²) in [6, 6.07) is 9.64. The summed E-state index contributed by atoms with van der Waals surface area (Å²) in [5.41, 5.74) is 0.688. The summed E-state index contributed by atoms with van der Waals surface area (Å²) in [6.45, 7) is 6.38. The molecular formula is C25H27FN2O5S2. The molecule has 186 valence electrons. The summed E-state index contributed by atoms with van der Waals surface area (Å²) < 4.78 is 53.8. The van der Waals surface area contributed by atoms with Crippen molar-refractivity contribution in [1.82, 2.24) is 4.90 Å². The van der Waals surface area contributed by atoms with Crippen molar-refractivity contribution in [3.8, 4) is 11.5 Å². The number of methoxy groups -OCH3 is 1. The lowest BCUT2D eigenvalue weighted by molar-refractivity contribution is -0.121. The van der Waals surface area contributed by atoms with Crippen LogP contribution >= 0.6 is 11.8 Å². The lowest BCUT2D eigenvalue weighted by Gasteiger charge is -2.12. The van der Waals surface area contributed by atoms with E-state index in [1.54, 1.807) is 31.4 Å². The molecule has 1 amide bonds. The van der Waals surface area contributed by atoms with Crippen LogP contribution in [0.1, 0.15) is 31.7 Å². The Morgan fingerprint density at radius 1 is 1.14 bits per heavy atom. The molecule has 0 atom stereocenters. The van der Waals surface area contributed by atoms with Gasteiger partial charge >= 0.3 is 0 Å². The number of carbonyl (C=O) groups excluding carboxylic acids is 1. The van der Waals surface area contributed by atoms with Crippen LogP contribution in [0.25, 0.3) is 6.08 Å². The van der Waals surface area contributed by atoms with Crippen molar-refractivity contribution in [1.29, 1.82) is 0 Å². The third kappa shape index (κ3) is 6.73. The number of ether oxygens (including phenoxy) is 2. The first-order valence-corrected chi connectivity index (χ1v) is 13.3. The molecule has 2 aromatic carbocycles. The predicted molar refractivity (Wildman–Crippen MR) is 137 cm³/mol. The predicted octanol–water partition coefficient (Wildman–Crippen LogP) is 5.25. The minimum Gasteiger partial charge on any atom is -0.493 e. The normalized spacial score (nSPS) is 16.2. The van der Waals surface area contributed by atoms with Gasteiger partial charge < -0.3 is 9.47 Å². The van der Waals surface area contributed by atoms with Crippen molar-refractivity contribution in [2.24, 2.45) is 4.40 Å². The second-order valence-electron chi connectivity index (χ2n) is 7.58. The van der Waals surface area contributed by atoms with Crippen LogP contribution in [0.4, 0.5) is 4.39 Å². The zero-order valence-corrected chi connectivity index (χ0v) is 21.2. The molecule has 1 saturated heterocycles. The summed E-state index contributed by atoms with van der Waals surface area (Å²) in [7, 11) is -2.60. The van der Waals surface area contributed by atoms with E-state index in [0.29, 0.717) is 28.6 Å².